The van der Waals surface area contributed by atoms with Crippen LogP contribution in [0, 0.1) is 0 Å². The van der Waals surface area contributed by atoms with E-state index >= 15 is 0 Å². The molecule has 1 aliphatic rings. The van der Waals surface area contributed by atoms with Crippen molar-refractivity contribution in [3.8, 4) is 11.3 Å². The monoisotopic (exact) mass is 449 g/mol. The number of hydrogen-bond acceptors (Lipinski definition) is 3. The number of nitrogens with one attached hydrogen (secondary N) is 1. The van der Waals surface area contributed by atoms with Gasteiger partial charge >= 0.3 is 0 Å². The third-order valence-electron chi connectivity index (χ3n) is 6.76. The highest BCUT2D eigenvalue weighted by molar-refractivity contribution is 6.09. The smallest absolute Gasteiger partial charge is 0.252 e. The molecule has 1 saturated heterocycles. The number of hydrogen-bond donors (Lipinski definition) is 1. The second-order valence-corrected chi connectivity index (χ2v) is 9.03. The van der Waals surface area contributed by atoms with Crippen molar-refractivity contribution in [1.29, 1.82) is 0 Å². The minimum Gasteiger partial charge on any atom is -0.345 e. The van der Waals surface area contributed by atoms with E-state index in [9.17, 15) is 4.79 Å². The number of para-hydroxylation sites is 1. The SMILES string of the molecule is CCC(NC(=O)c1c(CN2CCCC2)c(-c2ccccc2)nc2ccccc12)c1ccccc1. The molecule has 1 unspecified atom stereocenters. The minimum atomic E-state index is -0.0413. The van der Waals surface area contributed by atoms with E-state index in [1.165, 1.54) is 12.8 Å². The van der Waals surface area contributed by atoms with Crippen LogP contribution in [0.2, 0.25) is 0 Å². The zero-order chi connectivity index (χ0) is 23.3. The molecule has 1 aromatic heterocycles. The zero-order valence-electron chi connectivity index (χ0n) is 19.7. The third kappa shape index (κ3) is 4.59. The molecule has 1 aliphatic heterocycles. The topological polar surface area (TPSA) is 45.2 Å². The molecule has 0 spiro atoms. The summed E-state index contributed by atoms with van der Waals surface area (Å²) >= 11 is 0. The summed E-state index contributed by atoms with van der Waals surface area (Å²) in [5, 5.41) is 4.26. The van der Waals surface area contributed by atoms with Crippen molar-refractivity contribution < 1.29 is 4.79 Å². The molecule has 4 aromatic rings. The van der Waals surface area contributed by atoms with E-state index in [0.29, 0.717) is 0 Å². The molecule has 172 valence electrons. The molecule has 34 heavy (non-hydrogen) atoms. The molecular formula is C30H31N3O. The fourth-order valence-corrected chi connectivity index (χ4v) is 5.00. The highest BCUT2D eigenvalue weighted by Gasteiger charge is 2.25. The Balaban J connectivity index is 1.66. The van der Waals surface area contributed by atoms with Crippen LogP contribution in [0.5, 0.6) is 0 Å². The number of amides is 1. The molecule has 1 amide bonds. The Morgan fingerprint density at radius 3 is 2.26 bits per heavy atom. The number of pyridine rings is 1. The van der Waals surface area contributed by atoms with E-state index in [2.05, 4.69) is 41.4 Å². The van der Waals surface area contributed by atoms with Crippen LogP contribution < -0.4 is 5.32 Å². The van der Waals surface area contributed by atoms with Crippen molar-refractivity contribution in [2.45, 2.75) is 38.8 Å². The van der Waals surface area contributed by atoms with Crippen LogP contribution in [0.4, 0.5) is 0 Å². The molecule has 1 fully saturated rings. The van der Waals surface area contributed by atoms with Gasteiger partial charge in [0.2, 0.25) is 0 Å². The molecule has 1 N–H and O–H groups in total. The Hall–Kier alpha value is -3.50. The number of likely N-dealkylation sites (tertiary alicyclic amines) is 1. The molecule has 3 aromatic carbocycles. The van der Waals surface area contributed by atoms with E-state index in [4.69, 9.17) is 4.98 Å². The van der Waals surface area contributed by atoms with Gasteiger partial charge in [0, 0.05) is 23.1 Å². The fourth-order valence-electron chi connectivity index (χ4n) is 5.00. The summed E-state index contributed by atoms with van der Waals surface area (Å²) in [6.45, 7) is 4.96. The number of nitrogens with zero attached hydrogens (tertiary/aromatic N) is 2. The highest BCUT2D eigenvalue weighted by Crippen LogP contribution is 2.32. The van der Waals surface area contributed by atoms with Gasteiger partial charge in [0.05, 0.1) is 22.8 Å². The van der Waals surface area contributed by atoms with Gasteiger partial charge in [-0.2, -0.15) is 0 Å². The lowest BCUT2D eigenvalue weighted by Gasteiger charge is -2.24. The van der Waals surface area contributed by atoms with Crippen LogP contribution in [0.1, 0.15) is 53.7 Å². The van der Waals surface area contributed by atoms with Gasteiger partial charge in [0.25, 0.3) is 5.91 Å². The Morgan fingerprint density at radius 2 is 1.56 bits per heavy atom. The zero-order valence-corrected chi connectivity index (χ0v) is 19.7. The normalized spacial score (nSPS) is 14.9. The number of carbonyl (C=O) groups excluding carboxylic acids is 1. The van der Waals surface area contributed by atoms with Crippen LogP contribution in [0.15, 0.2) is 84.9 Å². The Labute approximate surface area is 201 Å². The summed E-state index contributed by atoms with van der Waals surface area (Å²) in [5.41, 5.74) is 5.71. The average molecular weight is 450 g/mol. The lowest BCUT2D eigenvalue weighted by molar-refractivity contribution is 0.0935. The van der Waals surface area contributed by atoms with Crippen molar-refractivity contribution in [2.24, 2.45) is 0 Å². The van der Waals surface area contributed by atoms with Crippen molar-refractivity contribution in [3.63, 3.8) is 0 Å². The predicted molar refractivity (Wildman–Crippen MR) is 139 cm³/mol. The summed E-state index contributed by atoms with van der Waals surface area (Å²) < 4.78 is 0. The van der Waals surface area contributed by atoms with Gasteiger partial charge in [-0.3, -0.25) is 9.69 Å². The van der Waals surface area contributed by atoms with Crippen LogP contribution in [-0.4, -0.2) is 28.9 Å². The molecule has 1 atom stereocenters. The van der Waals surface area contributed by atoms with Crippen molar-refractivity contribution >= 4 is 16.8 Å². The Morgan fingerprint density at radius 1 is 0.912 bits per heavy atom. The molecule has 0 bridgehead atoms. The maximum Gasteiger partial charge on any atom is 0.252 e. The fraction of sp³-hybridized carbons (Fsp3) is 0.267. The summed E-state index contributed by atoms with van der Waals surface area (Å²) in [6.07, 6.45) is 3.23. The molecular weight excluding hydrogens is 418 g/mol. The first-order chi connectivity index (χ1) is 16.7. The first-order valence-electron chi connectivity index (χ1n) is 12.3. The number of fused-ring (bicyclic) bond motifs is 1. The van der Waals surface area contributed by atoms with Crippen LogP contribution in [0.3, 0.4) is 0 Å². The third-order valence-corrected chi connectivity index (χ3v) is 6.76. The maximum absolute atomic E-state index is 14.0. The molecule has 2 heterocycles. The van der Waals surface area contributed by atoms with Gasteiger partial charge < -0.3 is 5.32 Å². The van der Waals surface area contributed by atoms with E-state index < -0.39 is 0 Å². The standard InChI is InChI=1S/C30H31N3O/c1-2-26(22-13-5-3-6-14-22)32-30(34)28-24-17-9-10-18-27(24)31-29(23-15-7-4-8-16-23)25(28)21-33-19-11-12-20-33/h3-10,13-18,26H,2,11-12,19-21H2,1H3,(H,32,34). The Kier molecular flexibility index (Phi) is 6.68. The molecule has 5 rings (SSSR count). The van der Waals surface area contributed by atoms with E-state index in [1.54, 1.807) is 0 Å². The number of rotatable bonds is 7. The van der Waals surface area contributed by atoms with Gasteiger partial charge in [0.1, 0.15) is 0 Å². The second-order valence-electron chi connectivity index (χ2n) is 9.03. The maximum atomic E-state index is 14.0. The Bertz CT molecular complexity index is 1260. The minimum absolute atomic E-state index is 0.0271. The number of aromatic nitrogens is 1. The second kappa shape index (κ2) is 10.2. The molecule has 0 aliphatic carbocycles. The first-order valence-corrected chi connectivity index (χ1v) is 12.3. The van der Waals surface area contributed by atoms with Gasteiger partial charge in [-0.05, 0) is 44.0 Å². The van der Waals surface area contributed by atoms with E-state index in [0.717, 1.165) is 64.9 Å². The van der Waals surface area contributed by atoms with Gasteiger partial charge in [-0.15, -0.1) is 0 Å². The van der Waals surface area contributed by atoms with Crippen molar-refractivity contribution in [3.05, 3.63) is 102 Å². The molecule has 4 nitrogen and oxygen atoms in total. The first kappa shape index (κ1) is 22.3. The summed E-state index contributed by atoms with van der Waals surface area (Å²) in [7, 11) is 0. The van der Waals surface area contributed by atoms with Crippen molar-refractivity contribution in [2.75, 3.05) is 13.1 Å². The number of benzene rings is 3. The van der Waals surface area contributed by atoms with E-state index in [-0.39, 0.29) is 11.9 Å². The summed E-state index contributed by atoms with van der Waals surface area (Å²) in [6, 6.07) is 28.5. The highest BCUT2D eigenvalue weighted by atomic mass is 16.1. The molecule has 0 saturated carbocycles. The largest absolute Gasteiger partial charge is 0.345 e. The van der Waals surface area contributed by atoms with E-state index in [1.807, 2.05) is 60.7 Å². The lowest BCUT2D eigenvalue weighted by atomic mass is 9.95. The predicted octanol–water partition coefficient (Wildman–Crippen LogP) is 6.38. The summed E-state index contributed by atoms with van der Waals surface area (Å²) in [5.74, 6) is -0.0271. The van der Waals surface area contributed by atoms with Crippen LogP contribution in [0.25, 0.3) is 22.2 Å². The van der Waals surface area contributed by atoms with Gasteiger partial charge in [0.15, 0.2) is 0 Å². The molecule has 4 heteroatoms. The van der Waals surface area contributed by atoms with Crippen LogP contribution in [-0.2, 0) is 6.54 Å². The lowest BCUT2D eigenvalue weighted by Crippen LogP contribution is -2.31. The number of carbonyl (C=O) groups is 1. The van der Waals surface area contributed by atoms with Crippen LogP contribution >= 0.6 is 0 Å². The molecule has 0 radical (unpaired) electrons. The average Bonchev–Trinajstić information content (AvgIpc) is 3.41. The van der Waals surface area contributed by atoms with Gasteiger partial charge in [-0.25, -0.2) is 4.98 Å². The van der Waals surface area contributed by atoms with Crippen molar-refractivity contribution in [1.82, 2.24) is 15.2 Å². The quantitative estimate of drug-likeness (QED) is 0.356. The van der Waals surface area contributed by atoms with Gasteiger partial charge in [-0.1, -0.05) is 85.8 Å². The summed E-state index contributed by atoms with van der Waals surface area (Å²) in [4.78, 5) is 21.6.